The number of esters is 1. The summed E-state index contributed by atoms with van der Waals surface area (Å²) in [5, 5.41) is 5.81. The van der Waals surface area contributed by atoms with Crippen LogP contribution in [0.4, 0.5) is 11.4 Å². The number of para-hydroxylation sites is 2. The van der Waals surface area contributed by atoms with Crippen LogP contribution < -0.4 is 9.47 Å². The van der Waals surface area contributed by atoms with Gasteiger partial charge in [0.2, 0.25) is 0 Å². The number of anilines is 2. The molecule has 1 fully saturated rings. The number of hydrazone groups is 1. The number of hydrogen-bond acceptors (Lipinski definition) is 8. The molecule has 1 aliphatic heterocycles. The van der Waals surface area contributed by atoms with Gasteiger partial charge in [0.05, 0.1) is 0 Å². The van der Waals surface area contributed by atoms with Crippen LogP contribution in [-0.4, -0.2) is 63.2 Å². The van der Waals surface area contributed by atoms with Crippen LogP contribution >= 0.6 is 0 Å². The van der Waals surface area contributed by atoms with Crippen LogP contribution in [0.5, 0.6) is 0 Å². The first-order chi connectivity index (χ1) is 27.7. The number of nitrogens with zero attached hydrogens (tertiary/aromatic N) is 2. The Morgan fingerprint density at radius 1 is 0.571 bits per heavy atom. The SMILES string of the molecule is O=C(/C=N/N(c1ccccc1)c1ccccc1)O[C@@H]1[C@@H](OCc2ccccc2)[C@@H](OCc2ccccc2)[C@@H](COCc2ccccc2)O[C@H]1[Se]c1ccccc1. The first-order valence-corrected chi connectivity index (χ1v) is 20.5. The van der Waals surface area contributed by atoms with Gasteiger partial charge in [-0.3, -0.25) is 0 Å². The van der Waals surface area contributed by atoms with Gasteiger partial charge in [-0.15, -0.1) is 0 Å². The van der Waals surface area contributed by atoms with Crippen LogP contribution in [0.3, 0.4) is 0 Å². The van der Waals surface area contributed by atoms with Gasteiger partial charge in [-0.2, -0.15) is 0 Å². The van der Waals surface area contributed by atoms with Crippen LogP contribution in [-0.2, 0) is 48.3 Å². The molecule has 0 spiro atoms. The molecule has 0 bridgehead atoms. The van der Waals surface area contributed by atoms with Gasteiger partial charge in [-0.25, -0.2) is 0 Å². The average molecular weight is 812 g/mol. The third kappa shape index (κ3) is 11.1. The van der Waals surface area contributed by atoms with Crippen molar-refractivity contribution in [3.05, 3.63) is 199 Å². The summed E-state index contributed by atoms with van der Waals surface area (Å²) in [6.45, 7) is 1.22. The Balaban J connectivity index is 1.21. The van der Waals surface area contributed by atoms with Crippen LogP contribution in [0.15, 0.2) is 187 Å². The van der Waals surface area contributed by atoms with Crippen molar-refractivity contribution >= 4 is 43.0 Å². The number of benzene rings is 6. The van der Waals surface area contributed by atoms with E-state index < -0.39 is 35.4 Å². The molecule has 9 heteroatoms. The number of rotatable bonds is 17. The first-order valence-electron chi connectivity index (χ1n) is 18.6. The fourth-order valence-electron chi connectivity index (χ4n) is 6.35. The number of hydrogen-bond donors (Lipinski definition) is 0. The van der Waals surface area contributed by atoms with Crippen molar-refractivity contribution in [2.75, 3.05) is 11.6 Å². The molecule has 0 radical (unpaired) electrons. The molecular formula is C47H44N2O6Se. The molecule has 284 valence electrons. The summed E-state index contributed by atoms with van der Waals surface area (Å²) in [6.07, 6.45) is -1.53. The zero-order chi connectivity index (χ0) is 38.2. The number of ether oxygens (including phenoxy) is 5. The molecule has 0 aliphatic carbocycles. The maximum absolute atomic E-state index is 14.0. The normalized spacial score (nSPS) is 19.4. The van der Waals surface area contributed by atoms with E-state index in [0.717, 1.165) is 32.5 Å². The zero-order valence-corrected chi connectivity index (χ0v) is 32.6. The van der Waals surface area contributed by atoms with E-state index in [-0.39, 0.29) is 28.2 Å². The second-order valence-corrected chi connectivity index (χ2v) is 15.6. The van der Waals surface area contributed by atoms with Gasteiger partial charge in [0, 0.05) is 0 Å². The molecule has 6 aromatic rings. The molecule has 0 aromatic heterocycles. The predicted molar refractivity (Wildman–Crippen MR) is 220 cm³/mol. The van der Waals surface area contributed by atoms with E-state index in [1.807, 2.05) is 170 Å². The van der Waals surface area contributed by atoms with Crippen molar-refractivity contribution in [2.24, 2.45) is 5.10 Å². The third-order valence-electron chi connectivity index (χ3n) is 9.08. The number of carbonyl (C=O) groups excluding carboxylic acids is 1. The van der Waals surface area contributed by atoms with E-state index in [9.17, 15) is 4.79 Å². The molecule has 0 saturated carbocycles. The fourth-order valence-corrected chi connectivity index (χ4v) is 8.71. The summed E-state index contributed by atoms with van der Waals surface area (Å²) in [5.41, 5.74) is 4.63. The standard InChI is InChI=1S/C47H44N2O6Se/c50-43(31-48-49(39-25-13-4-14-26-39)40-27-15-5-16-28-40)55-46-45(53-34-38-23-11-3-12-24-38)44(52-33-37-21-9-2-10-22-37)42(35-51-32-36-19-7-1-8-20-36)54-47(46)56-41-29-17-6-18-30-41/h1-31,42,44-47H,32-35H2/b48-31+/t42-,44+,45+,46-,47+/m1/s1. The Morgan fingerprint density at radius 2 is 1.02 bits per heavy atom. The Hall–Kier alpha value is -5.38. The zero-order valence-electron chi connectivity index (χ0n) is 30.9. The molecule has 6 aromatic carbocycles. The van der Waals surface area contributed by atoms with Crippen molar-refractivity contribution < 1.29 is 28.5 Å². The molecule has 0 N–H and O–H groups in total. The summed E-state index contributed by atoms with van der Waals surface area (Å²) < 4.78 is 34.4. The van der Waals surface area contributed by atoms with Crippen molar-refractivity contribution in [3.8, 4) is 0 Å². The van der Waals surface area contributed by atoms with Crippen LogP contribution in [0.25, 0.3) is 0 Å². The molecule has 1 aliphatic rings. The van der Waals surface area contributed by atoms with E-state index >= 15 is 0 Å². The molecule has 0 unspecified atom stereocenters. The van der Waals surface area contributed by atoms with E-state index in [0.29, 0.717) is 13.2 Å². The topological polar surface area (TPSA) is 78.8 Å². The summed E-state index contributed by atoms with van der Waals surface area (Å²) in [7, 11) is 0. The van der Waals surface area contributed by atoms with Crippen molar-refractivity contribution in [1.29, 1.82) is 0 Å². The van der Waals surface area contributed by atoms with E-state index in [1.165, 1.54) is 6.21 Å². The third-order valence-corrected chi connectivity index (χ3v) is 11.5. The van der Waals surface area contributed by atoms with Gasteiger partial charge >= 0.3 is 336 Å². The summed E-state index contributed by atoms with van der Waals surface area (Å²) in [5.74, 6) is -0.627. The van der Waals surface area contributed by atoms with Gasteiger partial charge in [0.1, 0.15) is 0 Å². The quantitative estimate of drug-likeness (QED) is 0.0402. The summed E-state index contributed by atoms with van der Waals surface area (Å²) >= 11 is -0.292. The Kier molecular flexibility index (Phi) is 14.2. The summed E-state index contributed by atoms with van der Waals surface area (Å²) in [6, 6.07) is 59.5. The van der Waals surface area contributed by atoms with E-state index in [4.69, 9.17) is 23.7 Å². The van der Waals surface area contributed by atoms with Crippen molar-refractivity contribution in [1.82, 2.24) is 0 Å². The van der Waals surface area contributed by atoms with Gasteiger partial charge in [-0.1, -0.05) is 0 Å². The van der Waals surface area contributed by atoms with Crippen LogP contribution in [0, 0.1) is 0 Å². The van der Waals surface area contributed by atoms with E-state index in [2.05, 4.69) is 17.2 Å². The van der Waals surface area contributed by atoms with Crippen LogP contribution in [0.2, 0.25) is 0 Å². The second kappa shape index (κ2) is 20.5. The minimum atomic E-state index is -0.842. The molecule has 8 nitrogen and oxygen atoms in total. The second-order valence-electron chi connectivity index (χ2n) is 13.1. The van der Waals surface area contributed by atoms with Crippen molar-refractivity contribution in [2.45, 2.75) is 49.2 Å². The Labute approximate surface area is 334 Å². The monoisotopic (exact) mass is 812 g/mol. The average Bonchev–Trinajstić information content (AvgIpc) is 3.26. The first kappa shape index (κ1) is 38.9. The Bertz CT molecular complexity index is 2020. The van der Waals surface area contributed by atoms with Gasteiger partial charge < -0.3 is 0 Å². The molecule has 7 rings (SSSR count). The van der Waals surface area contributed by atoms with Gasteiger partial charge in [0.25, 0.3) is 0 Å². The minimum absolute atomic E-state index is 0.242. The predicted octanol–water partition coefficient (Wildman–Crippen LogP) is 7.86. The van der Waals surface area contributed by atoms with Crippen LogP contribution in [0.1, 0.15) is 16.7 Å². The summed E-state index contributed by atoms with van der Waals surface area (Å²) in [4.78, 5) is 14.0. The molecule has 5 atom stereocenters. The Morgan fingerprint density at radius 3 is 1.54 bits per heavy atom. The molecule has 1 saturated heterocycles. The van der Waals surface area contributed by atoms with E-state index in [1.54, 1.807) is 5.01 Å². The maximum atomic E-state index is 14.0. The molecule has 56 heavy (non-hydrogen) atoms. The number of carbonyl (C=O) groups is 1. The van der Waals surface area contributed by atoms with Gasteiger partial charge in [0.15, 0.2) is 0 Å². The van der Waals surface area contributed by atoms with Crippen molar-refractivity contribution in [3.63, 3.8) is 0 Å². The van der Waals surface area contributed by atoms with Gasteiger partial charge in [-0.05, 0) is 0 Å². The fraction of sp³-hybridized carbons (Fsp3) is 0.191. The molecular weight excluding hydrogens is 767 g/mol. The molecule has 1 heterocycles. The molecule has 0 amide bonds.